The summed E-state index contributed by atoms with van der Waals surface area (Å²) in [4.78, 5) is 9.11. The molecule has 1 saturated heterocycles. The lowest BCUT2D eigenvalue weighted by Crippen LogP contribution is -2.49. The summed E-state index contributed by atoms with van der Waals surface area (Å²) in [5.41, 5.74) is -1.03. The molecule has 0 aliphatic carbocycles. The van der Waals surface area contributed by atoms with Crippen molar-refractivity contribution >= 4 is 16.0 Å². The van der Waals surface area contributed by atoms with E-state index in [0.717, 1.165) is 12.3 Å². The van der Waals surface area contributed by atoms with Crippen LogP contribution in [0.2, 0.25) is 0 Å². The highest BCUT2D eigenvalue weighted by atomic mass is 32.2. The second-order valence-electron chi connectivity index (χ2n) is 6.04. The minimum atomic E-state index is -4.56. The fourth-order valence-electron chi connectivity index (χ4n) is 2.81. The first-order valence-corrected chi connectivity index (χ1v) is 10.0. The molecule has 1 aromatic carbocycles. The number of piperazine rings is 1. The molecule has 0 bridgehead atoms. The lowest BCUT2D eigenvalue weighted by Gasteiger charge is -2.34. The molecule has 0 radical (unpaired) electrons. The molecule has 1 aromatic heterocycles. The predicted octanol–water partition coefficient (Wildman–Crippen LogP) is 2.41. The van der Waals surface area contributed by atoms with Crippen molar-refractivity contribution in [3.63, 3.8) is 0 Å². The molecule has 0 saturated carbocycles. The van der Waals surface area contributed by atoms with Gasteiger partial charge in [-0.25, -0.2) is 18.4 Å². The number of nitrogens with zero attached hydrogens (tertiary/aromatic N) is 4. The molecule has 7 nitrogen and oxygen atoms in total. The Labute approximate surface area is 160 Å². The van der Waals surface area contributed by atoms with Gasteiger partial charge in [-0.05, 0) is 37.3 Å². The zero-order valence-corrected chi connectivity index (χ0v) is 15.9. The molecule has 1 fully saturated rings. The van der Waals surface area contributed by atoms with Crippen molar-refractivity contribution in [3.8, 4) is 5.75 Å². The van der Waals surface area contributed by atoms with Crippen molar-refractivity contribution in [2.24, 2.45) is 0 Å². The van der Waals surface area contributed by atoms with Crippen molar-refractivity contribution in [1.82, 2.24) is 14.3 Å². The van der Waals surface area contributed by atoms with E-state index in [2.05, 4.69) is 9.97 Å². The molecule has 0 amide bonds. The van der Waals surface area contributed by atoms with E-state index >= 15 is 0 Å². The Kier molecular flexibility index (Phi) is 5.75. The van der Waals surface area contributed by atoms with Crippen molar-refractivity contribution in [1.29, 1.82) is 0 Å². The predicted molar refractivity (Wildman–Crippen MR) is 95.6 cm³/mol. The minimum absolute atomic E-state index is 0.0621. The SMILES string of the molecule is CCOc1ccc(S(=O)(=O)N2CCN(c3nccc(C(F)(F)F)n3)CC2)cc1. The summed E-state index contributed by atoms with van der Waals surface area (Å²) < 4.78 is 70.6. The van der Waals surface area contributed by atoms with Gasteiger partial charge in [0.15, 0.2) is 0 Å². The average molecular weight is 416 g/mol. The first-order chi connectivity index (χ1) is 13.2. The Hall–Kier alpha value is -2.40. The molecule has 3 rings (SSSR count). The van der Waals surface area contributed by atoms with Gasteiger partial charge < -0.3 is 9.64 Å². The Morgan fingerprint density at radius 2 is 1.71 bits per heavy atom. The van der Waals surface area contributed by atoms with E-state index in [1.807, 2.05) is 6.92 Å². The van der Waals surface area contributed by atoms with Gasteiger partial charge in [-0.15, -0.1) is 0 Å². The molecule has 0 N–H and O–H groups in total. The van der Waals surface area contributed by atoms with Gasteiger partial charge in [-0.2, -0.15) is 17.5 Å². The lowest BCUT2D eigenvalue weighted by atomic mass is 10.3. The fourth-order valence-corrected chi connectivity index (χ4v) is 4.23. The first-order valence-electron chi connectivity index (χ1n) is 8.60. The lowest BCUT2D eigenvalue weighted by molar-refractivity contribution is -0.141. The molecule has 0 unspecified atom stereocenters. The first kappa shape index (κ1) is 20.3. The topological polar surface area (TPSA) is 75.6 Å². The maximum absolute atomic E-state index is 12.8. The summed E-state index contributed by atoms with van der Waals surface area (Å²) in [6, 6.07) is 6.92. The number of alkyl halides is 3. The number of ether oxygens (including phenoxy) is 1. The van der Waals surface area contributed by atoms with Crippen LogP contribution in [0, 0.1) is 0 Å². The van der Waals surface area contributed by atoms with Crippen LogP contribution in [0.1, 0.15) is 12.6 Å². The van der Waals surface area contributed by atoms with Crippen LogP contribution in [-0.2, 0) is 16.2 Å². The summed E-state index contributed by atoms with van der Waals surface area (Å²) in [7, 11) is -3.70. The van der Waals surface area contributed by atoms with Gasteiger partial charge in [-0.1, -0.05) is 0 Å². The van der Waals surface area contributed by atoms with E-state index < -0.39 is 21.9 Å². The third-order valence-corrected chi connectivity index (χ3v) is 6.14. The van der Waals surface area contributed by atoms with Crippen LogP contribution in [0.15, 0.2) is 41.4 Å². The van der Waals surface area contributed by atoms with Gasteiger partial charge in [0, 0.05) is 32.4 Å². The number of sulfonamides is 1. The van der Waals surface area contributed by atoms with E-state index in [4.69, 9.17) is 4.74 Å². The Bertz CT molecular complexity index is 912. The standard InChI is InChI=1S/C17H19F3N4O3S/c1-2-27-13-3-5-14(6-4-13)28(25,26)24-11-9-23(10-12-24)16-21-8-7-15(22-16)17(18,19)20/h3-8H,2,9-12H2,1H3. The van der Waals surface area contributed by atoms with Crippen LogP contribution in [0.5, 0.6) is 5.75 Å². The van der Waals surface area contributed by atoms with Crippen LogP contribution in [0.4, 0.5) is 19.1 Å². The van der Waals surface area contributed by atoms with Crippen molar-refractivity contribution in [2.75, 3.05) is 37.7 Å². The number of halogens is 3. The van der Waals surface area contributed by atoms with E-state index in [0.29, 0.717) is 12.4 Å². The summed E-state index contributed by atoms with van der Waals surface area (Å²) in [5.74, 6) is 0.515. The van der Waals surface area contributed by atoms with Gasteiger partial charge >= 0.3 is 6.18 Å². The van der Waals surface area contributed by atoms with Crippen LogP contribution >= 0.6 is 0 Å². The normalized spacial score (nSPS) is 16.2. The monoisotopic (exact) mass is 416 g/mol. The summed E-state index contributed by atoms with van der Waals surface area (Å²) in [6.45, 7) is 2.93. The molecule has 11 heteroatoms. The van der Waals surface area contributed by atoms with Crippen molar-refractivity contribution in [2.45, 2.75) is 18.0 Å². The van der Waals surface area contributed by atoms with Crippen molar-refractivity contribution in [3.05, 3.63) is 42.2 Å². The number of anilines is 1. The van der Waals surface area contributed by atoms with Crippen LogP contribution in [0.25, 0.3) is 0 Å². The van der Waals surface area contributed by atoms with Crippen molar-refractivity contribution < 1.29 is 26.3 Å². The van der Waals surface area contributed by atoms with Gasteiger partial charge in [0.2, 0.25) is 16.0 Å². The quantitative estimate of drug-likeness (QED) is 0.745. The highest BCUT2D eigenvalue weighted by molar-refractivity contribution is 7.89. The van der Waals surface area contributed by atoms with E-state index in [1.165, 1.54) is 16.4 Å². The number of hydrogen-bond acceptors (Lipinski definition) is 6. The third kappa shape index (κ3) is 4.36. The number of hydrogen-bond donors (Lipinski definition) is 0. The molecule has 1 aliphatic heterocycles. The van der Waals surface area contributed by atoms with Gasteiger partial charge in [-0.3, -0.25) is 0 Å². The number of rotatable bonds is 5. The van der Waals surface area contributed by atoms with E-state index in [1.54, 1.807) is 17.0 Å². The Balaban J connectivity index is 1.69. The number of benzene rings is 1. The van der Waals surface area contributed by atoms with Gasteiger partial charge in [0.05, 0.1) is 11.5 Å². The summed E-state index contributed by atoms with van der Waals surface area (Å²) in [5, 5.41) is 0. The summed E-state index contributed by atoms with van der Waals surface area (Å²) in [6.07, 6.45) is -3.51. The zero-order chi connectivity index (χ0) is 20.4. The third-order valence-electron chi connectivity index (χ3n) is 4.23. The van der Waals surface area contributed by atoms with E-state index in [-0.39, 0.29) is 37.0 Å². The number of aromatic nitrogens is 2. The Morgan fingerprint density at radius 3 is 2.29 bits per heavy atom. The zero-order valence-electron chi connectivity index (χ0n) is 15.1. The van der Waals surface area contributed by atoms with Gasteiger partial charge in [0.1, 0.15) is 11.4 Å². The average Bonchev–Trinajstić information content (AvgIpc) is 2.68. The molecular formula is C17H19F3N4O3S. The smallest absolute Gasteiger partial charge is 0.433 e. The summed E-state index contributed by atoms with van der Waals surface area (Å²) >= 11 is 0. The minimum Gasteiger partial charge on any atom is -0.494 e. The highest BCUT2D eigenvalue weighted by Gasteiger charge is 2.34. The highest BCUT2D eigenvalue weighted by Crippen LogP contribution is 2.28. The fraction of sp³-hybridized carbons (Fsp3) is 0.412. The largest absolute Gasteiger partial charge is 0.494 e. The van der Waals surface area contributed by atoms with Crippen LogP contribution in [0.3, 0.4) is 0 Å². The Morgan fingerprint density at radius 1 is 1.07 bits per heavy atom. The van der Waals surface area contributed by atoms with E-state index in [9.17, 15) is 21.6 Å². The molecule has 1 aliphatic rings. The van der Waals surface area contributed by atoms with Crippen LogP contribution < -0.4 is 9.64 Å². The molecule has 0 atom stereocenters. The second-order valence-corrected chi connectivity index (χ2v) is 7.97. The molecule has 28 heavy (non-hydrogen) atoms. The molecule has 152 valence electrons. The second kappa shape index (κ2) is 7.92. The maximum atomic E-state index is 12.8. The molecule has 2 heterocycles. The molecule has 0 spiro atoms. The van der Waals surface area contributed by atoms with Gasteiger partial charge in [0.25, 0.3) is 0 Å². The molecule has 2 aromatic rings. The maximum Gasteiger partial charge on any atom is 0.433 e. The van der Waals surface area contributed by atoms with Crippen LogP contribution in [-0.4, -0.2) is 55.5 Å². The molecular weight excluding hydrogens is 397 g/mol.